The summed E-state index contributed by atoms with van der Waals surface area (Å²) in [6.07, 6.45) is 6.88. The van der Waals surface area contributed by atoms with Gasteiger partial charge in [-0.05, 0) is 30.5 Å². The van der Waals surface area contributed by atoms with Crippen LogP contribution >= 0.6 is 0 Å². The predicted octanol–water partition coefficient (Wildman–Crippen LogP) is 3.54. The molecule has 108 valence electrons. The van der Waals surface area contributed by atoms with Crippen molar-refractivity contribution < 1.29 is 14.6 Å². The Kier molecular flexibility index (Phi) is 9.11. The van der Waals surface area contributed by atoms with Crippen LogP contribution in [0.25, 0.3) is 0 Å². The van der Waals surface area contributed by atoms with E-state index in [2.05, 4.69) is 0 Å². The van der Waals surface area contributed by atoms with E-state index in [9.17, 15) is 0 Å². The molecule has 0 saturated carbocycles. The van der Waals surface area contributed by atoms with E-state index in [1.54, 1.807) is 7.11 Å². The van der Waals surface area contributed by atoms with Crippen LogP contribution in [0.4, 0.5) is 0 Å². The molecule has 0 aliphatic heterocycles. The van der Waals surface area contributed by atoms with Gasteiger partial charge in [0, 0.05) is 13.2 Å². The molecule has 0 unspecified atom stereocenters. The van der Waals surface area contributed by atoms with Crippen molar-refractivity contribution in [3.05, 3.63) is 29.8 Å². The van der Waals surface area contributed by atoms with Crippen LogP contribution in [0.2, 0.25) is 0 Å². The molecular weight excluding hydrogens is 240 g/mol. The van der Waals surface area contributed by atoms with E-state index in [0.717, 1.165) is 31.6 Å². The summed E-state index contributed by atoms with van der Waals surface area (Å²) in [6, 6.07) is 7.99. The molecule has 0 spiro atoms. The summed E-state index contributed by atoms with van der Waals surface area (Å²) >= 11 is 0. The quantitative estimate of drug-likeness (QED) is 0.623. The molecule has 19 heavy (non-hydrogen) atoms. The molecule has 0 aromatic heterocycles. The number of ether oxygens (including phenoxy) is 2. The first kappa shape index (κ1) is 16.0. The number of rotatable bonds is 11. The minimum absolute atomic E-state index is 0.324. The van der Waals surface area contributed by atoms with Gasteiger partial charge >= 0.3 is 0 Å². The lowest BCUT2D eigenvalue weighted by atomic mass is 10.1. The molecular formula is C16H26O3. The molecule has 1 aromatic rings. The van der Waals surface area contributed by atoms with Crippen molar-refractivity contribution in [1.29, 1.82) is 0 Å². The zero-order valence-electron chi connectivity index (χ0n) is 11.9. The third kappa shape index (κ3) is 7.85. The molecule has 0 fully saturated rings. The van der Waals surface area contributed by atoms with E-state index >= 15 is 0 Å². The highest BCUT2D eigenvalue weighted by Gasteiger charge is 1.95. The van der Waals surface area contributed by atoms with Crippen molar-refractivity contribution >= 4 is 0 Å². The van der Waals surface area contributed by atoms with Crippen molar-refractivity contribution in [3.63, 3.8) is 0 Å². The lowest BCUT2D eigenvalue weighted by Gasteiger charge is -2.05. The second-order valence-corrected chi connectivity index (χ2v) is 4.75. The van der Waals surface area contributed by atoms with E-state index in [1.807, 2.05) is 24.3 Å². The molecule has 0 atom stereocenters. The van der Waals surface area contributed by atoms with Crippen molar-refractivity contribution in [2.45, 2.75) is 45.1 Å². The Bertz CT molecular complexity index is 308. The zero-order valence-corrected chi connectivity index (χ0v) is 11.9. The summed E-state index contributed by atoms with van der Waals surface area (Å²) in [5.74, 6) is 0.881. The number of benzene rings is 1. The summed E-state index contributed by atoms with van der Waals surface area (Å²) in [6.45, 7) is 1.82. The first-order valence-corrected chi connectivity index (χ1v) is 7.18. The highest BCUT2D eigenvalue weighted by atomic mass is 16.5. The van der Waals surface area contributed by atoms with Crippen LogP contribution in [0.5, 0.6) is 5.75 Å². The Morgan fingerprint density at radius 3 is 2.16 bits per heavy atom. The first-order chi connectivity index (χ1) is 9.36. The number of hydrogen-bond donors (Lipinski definition) is 1. The van der Waals surface area contributed by atoms with E-state index in [4.69, 9.17) is 14.6 Å². The molecule has 0 saturated heterocycles. The van der Waals surface area contributed by atoms with Crippen LogP contribution in [0, 0.1) is 0 Å². The van der Waals surface area contributed by atoms with Crippen LogP contribution < -0.4 is 4.74 Å². The van der Waals surface area contributed by atoms with Gasteiger partial charge in [0.1, 0.15) is 5.75 Å². The maximum Gasteiger partial charge on any atom is 0.118 e. The molecule has 0 aliphatic carbocycles. The van der Waals surface area contributed by atoms with Gasteiger partial charge in [-0.2, -0.15) is 0 Å². The largest absolute Gasteiger partial charge is 0.497 e. The third-order valence-corrected chi connectivity index (χ3v) is 3.12. The summed E-state index contributed by atoms with van der Waals surface area (Å²) in [7, 11) is 1.67. The van der Waals surface area contributed by atoms with Gasteiger partial charge in [0.2, 0.25) is 0 Å². The van der Waals surface area contributed by atoms with E-state index in [1.165, 1.54) is 24.8 Å². The average molecular weight is 266 g/mol. The van der Waals surface area contributed by atoms with Gasteiger partial charge in [-0.25, -0.2) is 0 Å². The molecule has 3 nitrogen and oxygen atoms in total. The van der Waals surface area contributed by atoms with Crippen LogP contribution in [0.1, 0.15) is 44.1 Å². The fourth-order valence-electron chi connectivity index (χ4n) is 1.93. The first-order valence-electron chi connectivity index (χ1n) is 7.18. The molecule has 0 aliphatic rings. The molecule has 1 aromatic carbocycles. The highest BCUT2D eigenvalue weighted by molar-refractivity contribution is 5.26. The highest BCUT2D eigenvalue weighted by Crippen LogP contribution is 2.12. The van der Waals surface area contributed by atoms with E-state index < -0.39 is 0 Å². The van der Waals surface area contributed by atoms with Gasteiger partial charge in [0.25, 0.3) is 0 Å². The van der Waals surface area contributed by atoms with Crippen LogP contribution in [0.15, 0.2) is 24.3 Å². The fourth-order valence-corrected chi connectivity index (χ4v) is 1.93. The summed E-state index contributed by atoms with van der Waals surface area (Å²) in [5.41, 5.74) is 1.18. The molecule has 0 heterocycles. The Labute approximate surface area is 116 Å². The van der Waals surface area contributed by atoms with Crippen LogP contribution in [-0.4, -0.2) is 25.4 Å². The maximum atomic E-state index is 8.65. The molecule has 3 heteroatoms. The van der Waals surface area contributed by atoms with Gasteiger partial charge in [-0.15, -0.1) is 0 Å². The van der Waals surface area contributed by atoms with Gasteiger partial charge < -0.3 is 14.6 Å². The van der Waals surface area contributed by atoms with Gasteiger partial charge in [0.15, 0.2) is 0 Å². The number of unbranched alkanes of at least 4 members (excludes halogenated alkanes) is 5. The number of aliphatic hydroxyl groups is 1. The molecule has 0 radical (unpaired) electrons. The van der Waals surface area contributed by atoms with Gasteiger partial charge in [-0.1, -0.05) is 37.8 Å². The minimum atomic E-state index is 0.324. The Balaban J connectivity index is 1.95. The topological polar surface area (TPSA) is 38.7 Å². The van der Waals surface area contributed by atoms with E-state index in [0.29, 0.717) is 13.2 Å². The SMILES string of the molecule is COc1ccc(COCCCCCCCCO)cc1. The average Bonchev–Trinajstić information content (AvgIpc) is 2.46. The van der Waals surface area contributed by atoms with Crippen molar-refractivity contribution in [2.75, 3.05) is 20.3 Å². The summed E-state index contributed by atoms with van der Waals surface area (Å²) in [5, 5.41) is 8.65. The number of methoxy groups -OCH3 is 1. The van der Waals surface area contributed by atoms with Gasteiger partial charge in [0.05, 0.1) is 13.7 Å². The summed E-state index contributed by atoms with van der Waals surface area (Å²) < 4.78 is 10.8. The minimum Gasteiger partial charge on any atom is -0.497 e. The molecule has 1 rings (SSSR count). The second kappa shape index (κ2) is 10.8. The normalized spacial score (nSPS) is 10.6. The van der Waals surface area contributed by atoms with Gasteiger partial charge in [-0.3, -0.25) is 0 Å². The van der Waals surface area contributed by atoms with Crippen molar-refractivity contribution in [2.24, 2.45) is 0 Å². The Morgan fingerprint density at radius 1 is 0.895 bits per heavy atom. The maximum absolute atomic E-state index is 8.65. The molecule has 0 bridgehead atoms. The van der Waals surface area contributed by atoms with Crippen molar-refractivity contribution in [3.8, 4) is 5.75 Å². The van der Waals surface area contributed by atoms with E-state index in [-0.39, 0.29) is 0 Å². The zero-order chi connectivity index (χ0) is 13.8. The number of aliphatic hydroxyl groups excluding tert-OH is 1. The monoisotopic (exact) mass is 266 g/mol. The molecule has 1 N–H and O–H groups in total. The second-order valence-electron chi connectivity index (χ2n) is 4.75. The Morgan fingerprint density at radius 2 is 1.53 bits per heavy atom. The lowest BCUT2D eigenvalue weighted by Crippen LogP contribution is -1.96. The van der Waals surface area contributed by atoms with Crippen LogP contribution in [-0.2, 0) is 11.3 Å². The molecule has 0 amide bonds. The number of hydrogen-bond acceptors (Lipinski definition) is 3. The lowest BCUT2D eigenvalue weighted by molar-refractivity contribution is 0.116. The standard InChI is InChI=1S/C16H26O3/c1-18-16-10-8-15(9-11-16)14-19-13-7-5-3-2-4-6-12-17/h8-11,17H,2-7,12-14H2,1H3. The smallest absolute Gasteiger partial charge is 0.118 e. The van der Waals surface area contributed by atoms with Crippen molar-refractivity contribution in [1.82, 2.24) is 0 Å². The Hall–Kier alpha value is -1.06. The van der Waals surface area contributed by atoms with Crippen LogP contribution in [0.3, 0.4) is 0 Å². The third-order valence-electron chi connectivity index (χ3n) is 3.12. The summed E-state index contributed by atoms with van der Waals surface area (Å²) in [4.78, 5) is 0. The predicted molar refractivity (Wildman–Crippen MR) is 77.4 cm³/mol. The fraction of sp³-hybridized carbons (Fsp3) is 0.625.